The molecule has 3 unspecified atom stereocenters. The van der Waals surface area contributed by atoms with Gasteiger partial charge in [-0.25, -0.2) is 0 Å². The second-order valence-electron chi connectivity index (χ2n) is 5.03. The topological polar surface area (TPSA) is 41.6 Å². The van der Waals surface area contributed by atoms with E-state index in [0.717, 1.165) is 38.8 Å². The minimum Gasteiger partial charge on any atom is -0.376 e. The maximum absolute atomic E-state index is 12.2. The zero-order valence-corrected chi connectivity index (χ0v) is 10.9. The average Bonchev–Trinajstić information content (AvgIpc) is 2.68. The summed E-state index contributed by atoms with van der Waals surface area (Å²) < 4.78 is 5.73. The number of carbonyl (C=O) groups excluding carboxylic acids is 1. The Morgan fingerprint density at radius 1 is 1.35 bits per heavy atom. The standard InChI is InChI=1S/C13H24N2O2/c1-3-11-13(16)15(12(4-2)14-11)9-10-7-5-6-8-17-10/h10-12,14H,3-9H2,1-2H3. The van der Waals surface area contributed by atoms with Crippen molar-refractivity contribution in [3.8, 4) is 0 Å². The van der Waals surface area contributed by atoms with Gasteiger partial charge in [0.1, 0.15) is 0 Å². The molecule has 3 atom stereocenters. The summed E-state index contributed by atoms with van der Waals surface area (Å²) >= 11 is 0. The number of carbonyl (C=O) groups is 1. The van der Waals surface area contributed by atoms with Crippen LogP contribution in [0, 0.1) is 0 Å². The van der Waals surface area contributed by atoms with Crippen LogP contribution in [0.2, 0.25) is 0 Å². The smallest absolute Gasteiger partial charge is 0.241 e. The molecule has 0 bridgehead atoms. The van der Waals surface area contributed by atoms with Crippen LogP contribution in [-0.4, -0.2) is 42.3 Å². The van der Waals surface area contributed by atoms with Gasteiger partial charge < -0.3 is 9.64 Å². The van der Waals surface area contributed by atoms with E-state index in [9.17, 15) is 4.79 Å². The Morgan fingerprint density at radius 3 is 2.76 bits per heavy atom. The molecule has 17 heavy (non-hydrogen) atoms. The van der Waals surface area contributed by atoms with Crippen molar-refractivity contribution in [3.63, 3.8) is 0 Å². The lowest BCUT2D eigenvalue weighted by atomic mass is 10.1. The normalized spacial score (nSPS) is 34.4. The van der Waals surface area contributed by atoms with Gasteiger partial charge in [-0.1, -0.05) is 13.8 Å². The summed E-state index contributed by atoms with van der Waals surface area (Å²) in [6.07, 6.45) is 5.78. The molecular formula is C13H24N2O2. The van der Waals surface area contributed by atoms with Crippen molar-refractivity contribution >= 4 is 5.91 Å². The van der Waals surface area contributed by atoms with Gasteiger partial charge in [0.05, 0.1) is 18.3 Å². The summed E-state index contributed by atoms with van der Waals surface area (Å²) in [4.78, 5) is 14.2. The highest BCUT2D eigenvalue weighted by atomic mass is 16.5. The monoisotopic (exact) mass is 240 g/mol. The Balaban J connectivity index is 1.94. The van der Waals surface area contributed by atoms with Crippen molar-refractivity contribution in [2.45, 2.75) is 64.3 Å². The molecule has 4 nitrogen and oxygen atoms in total. The highest BCUT2D eigenvalue weighted by Gasteiger charge is 2.37. The highest BCUT2D eigenvalue weighted by Crippen LogP contribution is 2.20. The van der Waals surface area contributed by atoms with Crippen molar-refractivity contribution in [2.24, 2.45) is 0 Å². The largest absolute Gasteiger partial charge is 0.376 e. The summed E-state index contributed by atoms with van der Waals surface area (Å²) in [5, 5.41) is 3.40. The molecule has 2 aliphatic heterocycles. The Kier molecular flexibility index (Phi) is 4.40. The molecule has 2 aliphatic rings. The van der Waals surface area contributed by atoms with Crippen LogP contribution >= 0.6 is 0 Å². The number of hydrogen-bond acceptors (Lipinski definition) is 3. The van der Waals surface area contributed by atoms with Crippen LogP contribution in [0.4, 0.5) is 0 Å². The Hall–Kier alpha value is -0.610. The third kappa shape index (κ3) is 2.80. The second kappa shape index (κ2) is 5.83. The first-order valence-corrected chi connectivity index (χ1v) is 6.94. The number of nitrogens with zero attached hydrogens (tertiary/aromatic N) is 1. The molecule has 2 rings (SSSR count). The summed E-state index contributed by atoms with van der Waals surface area (Å²) in [6, 6.07) is 0.0172. The minimum atomic E-state index is 0.0172. The molecular weight excluding hydrogens is 216 g/mol. The molecule has 2 heterocycles. The van der Waals surface area contributed by atoms with Gasteiger partial charge in [-0.15, -0.1) is 0 Å². The molecule has 4 heteroatoms. The Morgan fingerprint density at radius 2 is 2.18 bits per heavy atom. The van der Waals surface area contributed by atoms with Gasteiger partial charge in [0.15, 0.2) is 0 Å². The van der Waals surface area contributed by atoms with Crippen molar-refractivity contribution in [1.82, 2.24) is 10.2 Å². The fourth-order valence-corrected chi connectivity index (χ4v) is 2.77. The number of amides is 1. The molecule has 0 aromatic heterocycles. The van der Waals surface area contributed by atoms with Gasteiger partial charge in [-0.05, 0) is 32.1 Å². The number of rotatable bonds is 4. The third-order valence-corrected chi connectivity index (χ3v) is 3.82. The van der Waals surface area contributed by atoms with Crippen LogP contribution in [0.25, 0.3) is 0 Å². The van der Waals surface area contributed by atoms with E-state index in [4.69, 9.17) is 4.74 Å². The average molecular weight is 240 g/mol. The first kappa shape index (κ1) is 12.8. The summed E-state index contributed by atoms with van der Waals surface area (Å²) in [7, 11) is 0. The van der Waals surface area contributed by atoms with E-state index in [1.165, 1.54) is 6.42 Å². The molecule has 1 N–H and O–H groups in total. The quantitative estimate of drug-likeness (QED) is 0.809. The van der Waals surface area contributed by atoms with Gasteiger partial charge in [-0.2, -0.15) is 0 Å². The summed E-state index contributed by atoms with van der Waals surface area (Å²) in [5.41, 5.74) is 0. The van der Waals surface area contributed by atoms with Crippen molar-refractivity contribution in [2.75, 3.05) is 13.2 Å². The molecule has 0 radical (unpaired) electrons. The van der Waals surface area contributed by atoms with Gasteiger partial charge in [-0.3, -0.25) is 10.1 Å². The first-order valence-electron chi connectivity index (χ1n) is 6.94. The zero-order chi connectivity index (χ0) is 12.3. The van der Waals surface area contributed by atoms with Crippen LogP contribution in [0.3, 0.4) is 0 Å². The van der Waals surface area contributed by atoms with Crippen molar-refractivity contribution < 1.29 is 9.53 Å². The van der Waals surface area contributed by atoms with Crippen molar-refractivity contribution in [3.05, 3.63) is 0 Å². The highest BCUT2D eigenvalue weighted by molar-refractivity contribution is 5.84. The third-order valence-electron chi connectivity index (χ3n) is 3.82. The SMILES string of the molecule is CCC1NC(CC)N(CC2CCCCO2)C1=O. The summed E-state index contributed by atoms with van der Waals surface area (Å²) in [6.45, 7) is 5.80. The zero-order valence-electron chi connectivity index (χ0n) is 10.9. The lowest BCUT2D eigenvalue weighted by molar-refractivity contribution is -0.132. The first-order chi connectivity index (χ1) is 8.26. The molecule has 2 fully saturated rings. The predicted molar refractivity (Wildman–Crippen MR) is 66.6 cm³/mol. The van der Waals surface area contributed by atoms with Crippen LogP contribution in [0.15, 0.2) is 0 Å². The number of ether oxygens (including phenoxy) is 1. The van der Waals surface area contributed by atoms with E-state index in [-0.39, 0.29) is 24.2 Å². The summed E-state index contributed by atoms with van der Waals surface area (Å²) in [5.74, 6) is 0.258. The van der Waals surface area contributed by atoms with Crippen LogP contribution in [0.1, 0.15) is 46.0 Å². The molecule has 2 saturated heterocycles. The molecule has 1 amide bonds. The van der Waals surface area contributed by atoms with Crippen molar-refractivity contribution in [1.29, 1.82) is 0 Å². The van der Waals surface area contributed by atoms with Gasteiger partial charge in [0, 0.05) is 13.2 Å². The van der Waals surface area contributed by atoms with Gasteiger partial charge in [0.2, 0.25) is 5.91 Å². The van der Waals surface area contributed by atoms with E-state index in [1.54, 1.807) is 0 Å². The van der Waals surface area contributed by atoms with Gasteiger partial charge >= 0.3 is 0 Å². The maximum Gasteiger partial charge on any atom is 0.241 e. The van der Waals surface area contributed by atoms with E-state index in [2.05, 4.69) is 19.2 Å². The van der Waals surface area contributed by atoms with E-state index in [1.807, 2.05) is 4.90 Å². The number of hydrogen-bond donors (Lipinski definition) is 1. The van der Waals surface area contributed by atoms with Crippen LogP contribution < -0.4 is 5.32 Å². The lowest BCUT2D eigenvalue weighted by Gasteiger charge is -2.30. The molecule has 0 spiro atoms. The molecule has 0 saturated carbocycles. The maximum atomic E-state index is 12.2. The lowest BCUT2D eigenvalue weighted by Crippen LogP contribution is -2.43. The van der Waals surface area contributed by atoms with E-state index < -0.39 is 0 Å². The molecule has 0 aromatic carbocycles. The minimum absolute atomic E-state index is 0.0172. The fraction of sp³-hybridized carbons (Fsp3) is 0.923. The molecule has 0 aliphatic carbocycles. The predicted octanol–water partition coefficient (Wildman–Crippen LogP) is 1.50. The van der Waals surface area contributed by atoms with Gasteiger partial charge in [0.25, 0.3) is 0 Å². The van der Waals surface area contributed by atoms with Crippen LogP contribution in [0.5, 0.6) is 0 Å². The Labute approximate surface area is 104 Å². The number of nitrogens with one attached hydrogen (secondary N) is 1. The van der Waals surface area contributed by atoms with E-state index >= 15 is 0 Å². The van der Waals surface area contributed by atoms with Crippen LogP contribution in [-0.2, 0) is 9.53 Å². The molecule has 98 valence electrons. The fourth-order valence-electron chi connectivity index (χ4n) is 2.77. The second-order valence-corrected chi connectivity index (χ2v) is 5.03. The van der Waals surface area contributed by atoms with E-state index in [0.29, 0.717) is 0 Å². The Bertz CT molecular complexity index is 264. The molecule has 0 aromatic rings.